The van der Waals surface area contributed by atoms with Crippen LogP contribution in [0.25, 0.3) is 10.9 Å². The van der Waals surface area contributed by atoms with E-state index in [1.807, 2.05) is 24.3 Å². The van der Waals surface area contributed by atoms with Gasteiger partial charge in [-0.25, -0.2) is 4.98 Å². The van der Waals surface area contributed by atoms with Crippen LogP contribution in [-0.4, -0.2) is 54.3 Å². The van der Waals surface area contributed by atoms with Gasteiger partial charge < -0.3 is 14.4 Å². The lowest BCUT2D eigenvalue weighted by Crippen LogP contribution is -2.24. The average Bonchev–Trinajstić information content (AvgIpc) is 3.04. The second-order valence-corrected chi connectivity index (χ2v) is 5.22. The van der Waals surface area contributed by atoms with Gasteiger partial charge in [0.1, 0.15) is 6.61 Å². The van der Waals surface area contributed by atoms with Gasteiger partial charge in [-0.1, -0.05) is 18.2 Å². The molecule has 1 aromatic carbocycles. The minimum Gasteiger partial charge on any atom is -0.461 e. The molecule has 0 aliphatic carbocycles. The third kappa shape index (κ3) is 4.80. The molecular weight excluding hydrogens is 302 g/mol. The van der Waals surface area contributed by atoms with Crippen molar-refractivity contribution in [1.29, 1.82) is 0 Å². The van der Waals surface area contributed by atoms with Crippen LogP contribution in [0.4, 0.5) is 0 Å². The van der Waals surface area contributed by atoms with Crippen LogP contribution >= 0.6 is 12.4 Å². The van der Waals surface area contributed by atoms with Gasteiger partial charge in [-0.3, -0.25) is 0 Å². The van der Waals surface area contributed by atoms with E-state index < -0.39 is 0 Å². The molecule has 1 fully saturated rings. The molecule has 1 saturated heterocycles. The van der Waals surface area contributed by atoms with E-state index in [1.165, 1.54) is 25.9 Å². The van der Waals surface area contributed by atoms with Crippen LogP contribution in [0.15, 0.2) is 30.5 Å². The number of fused-ring (bicyclic) bond motifs is 1. The molecular formula is C16H22ClN3O2. The molecule has 1 aromatic heterocycles. The first-order valence-corrected chi connectivity index (χ1v) is 7.56. The third-order valence-corrected chi connectivity index (χ3v) is 3.68. The van der Waals surface area contributed by atoms with Gasteiger partial charge in [0.25, 0.3) is 0 Å². The standard InChI is InChI=1S/C16H21N3O2.ClH/c1-2-6-15-14(5-1)13-17-16(18-15)21-12-11-20-10-9-19-7-3-4-8-19;/h1-2,5-6,13H,3-4,7-12H2;1H. The van der Waals surface area contributed by atoms with Crippen LogP contribution in [0.3, 0.4) is 0 Å². The Hall–Kier alpha value is -1.43. The molecule has 0 radical (unpaired) electrons. The fourth-order valence-electron chi connectivity index (χ4n) is 2.52. The second kappa shape index (κ2) is 8.88. The van der Waals surface area contributed by atoms with E-state index in [1.54, 1.807) is 6.20 Å². The minimum atomic E-state index is 0. The van der Waals surface area contributed by atoms with E-state index >= 15 is 0 Å². The summed E-state index contributed by atoms with van der Waals surface area (Å²) in [6, 6.07) is 8.29. The highest BCUT2D eigenvalue weighted by atomic mass is 35.5. The molecule has 22 heavy (non-hydrogen) atoms. The maximum Gasteiger partial charge on any atom is 0.316 e. The van der Waals surface area contributed by atoms with Crippen LogP contribution in [0.5, 0.6) is 6.01 Å². The zero-order chi connectivity index (χ0) is 14.3. The van der Waals surface area contributed by atoms with E-state index in [0.717, 1.165) is 24.1 Å². The number of hydrogen-bond acceptors (Lipinski definition) is 5. The molecule has 1 aliphatic heterocycles. The summed E-state index contributed by atoms with van der Waals surface area (Å²) in [4.78, 5) is 11.0. The highest BCUT2D eigenvalue weighted by molar-refractivity contribution is 5.85. The number of rotatable bonds is 7. The number of likely N-dealkylation sites (tertiary alicyclic amines) is 1. The maximum absolute atomic E-state index is 5.58. The molecule has 0 spiro atoms. The van der Waals surface area contributed by atoms with Crippen LogP contribution in [0.1, 0.15) is 12.8 Å². The predicted molar refractivity (Wildman–Crippen MR) is 88.8 cm³/mol. The molecule has 2 aromatic rings. The first kappa shape index (κ1) is 16.9. The number of halogens is 1. The lowest BCUT2D eigenvalue weighted by Gasteiger charge is -2.14. The monoisotopic (exact) mass is 323 g/mol. The van der Waals surface area contributed by atoms with Crippen LogP contribution in [0.2, 0.25) is 0 Å². The Labute approximate surface area is 137 Å². The smallest absolute Gasteiger partial charge is 0.316 e. The van der Waals surface area contributed by atoms with Gasteiger partial charge in [-0.05, 0) is 32.0 Å². The summed E-state index contributed by atoms with van der Waals surface area (Å²) in [6.45, 7) is 5.27. The van der Waals surface area contributed by atoms with E-state index in [9.17, 15) is 0 Å². The predicted octanol–water partition coefficient (Wildman–Crippen LogP) is 2.54. The van der Waals surface area contributed by atoms with E-state index in [-0.39, 0.29) is 12.4 Å². The van der Waals surface area contributed by atoms with E-state index in [2.05, 4.69) is 14.9 Å². The van der Waals surface area contributed by atoms with Crippen molar-refractivity contribution in [2.24, 2.45) is 0 Å². The lowest BCUT2D eigenvalue weighted by atomic mass is 10.2. The SMILES string of the molecule is Cl.c1ccc2nc(OCCOCCN3CCCC3)ncc2c1. The van der Waals surface area contributed by atoms with Crippen molar-refractivity contribution in [1.82, 2.24) is 14.9 Å². The van der Waals surface area contributed by atoms with Crippen LogP contribution < -0.4 is 4.74 Å². The molecule has 3 rings (SSSR count). The van der Waals surface area contributed by atoms with Gasteiger partial charge in [0.15, 0.2) is 0 Å². The Morgan fingerprint density at radius 1 is 1.05 bits per heavy atom. The lowest BCUT2D eigenvalue weighted by molar-refractivity contribution is 0.0820. The number of ether oxygens (including phenoxy) is 2. The van der Waals surface area contributed by atoms with Crippen molar-refractivity contribution in [3.8, 4) is 6.01 Å². The van der Waals surface area contributed by atoms with Crippen molar-refractivity contribution in [3.63, 3.8) is 0 Å². The summed E-state index contributed by atoms with van der Waals surface area (Å²) >= 11 is 0. The molecule has 0 atom stereocenters. The minimum absolute atomic E-state index is 0. The van der Waals surface area contributed by atoms with Crippen molar-refractivity contribution < 1.29 is 9.47 Å². The number of para-hydroxylation sites is 1. The number of benzene rings is 1. The second-order valence-electron chi connectivity index (χ2n) is 5.22. The molecule has 0 saturated carbocycles. The molecule has 5 nitrogen and oxygen atoms in total. The van der Waals surface area contributed by atoms with Crippen molar-refractivity contribution in [3.05, 3.63) is 30.5 Å². The molecule has 0 amide bonds. The maximum atomic E-state index is 5.58. The van der Waals surface area contributed by atoms with Gasteiger partial charge in [-0.15, -0.1) is 12.4 Å². The molecule has 120 valence electrons. The van der Waals surface area contributed by atoms with Gasteiger partial charge >= 0.3 is 6.01 Å². The van der Waals surface area contributed by atoms with E-state index in [0.29, 0.717) is 19.2 Å². The average molecular weight is 324 g/mol. The van der Waals surface area contributed by atoms with Crippen molar-refractivity contribution in [2.75, 3.05) is 39.5 Å². The first-order valence-electron chi connectivity index (χ1n) is 7.56. The van der Waals surface area contributed by atoms with Gasteiger partial charge in [0.05, 0.1) is 18.7 Å². The summed E-state index contributed by atoms with van der Waals surface area (Å²) in [5.74, 6) is 0. The molecule has 0 unspecified atom stereocenters. The Balaban J connectivity index is 0.00000176. The molecule has 0 N–H and O–H groups in total. The highest BCUT2D eigenvalue weighted by Crippen LogP contribution is 2.12. The van der Waals surface area contributed by atoms with Gasteiger partial charge in [0, 0.05) is 18.1 Å². The fraction of sp³-hybridized carbons (Fsp3) is 0.500. The van der Waals surface area contributed by atoms with Gasteiger partial charge in [0.2, 0.25) is 0 Å². The van der Waals surface area contributed by atoms with Gasteiger partial charge in [-0.2, -0.15) is 4.98 Å². The summed E-state index contributed by atoms with van der Waals surface area (Å²) in [7, 11) is 0. The third-order valence-electron chi connectivity index (χ3n) is 3.68. The number of hydrogen-bond donors (Lipinski definition) is 0. The first-order chi connectivity index (χ1) is 10.4. The largest absolute Gasteiger partial charge is 0.461 e. The Morgan fingerprint density at radius 3 is 2.73 bits per heavy atom. The topological polar surface area (TPSA) is 47.5 Å². The zero-order valence-corrected chi connectivity index (χ0v) is 13.4. The summed E-state index contributed by atoms with van der Waals surface area (Å²) < 4.78 is 11.1. The van der Waals surface area contributed by atoms with Crippen molar-refractivity contribution in [2.45, 2.75) is 12.8 Å². The quantitative estimate of drug-likeness (QED) is 0.733. The Bertz CT molecular complexity index is 576. The van der Waals surface area contributed by atoms with Crippen molar-refractivity contribution >= 4 is 23.3 Å². The number of aromatic nitrogens is 2. The normalized spacial score (nSPS) is 14.9. The van der Waals surface area contributed by atoms with E-state index in [4.69, 9.17) is 9.47 Å². The molecule has 0 bridgehead atoms. The Morgan fingerprint density at radius 2 is 1.86 bits per heavy atom. The molecule has 2 heterocycles. The number of nitrogens with zero attached hydrogens (tertiary/aromatic N) is 3. The zero-order valence-electron chi connectivity index (χ0n) is 12.6. The molecule has 6 heteroatoms. The van der Waals surface area contributed by atoms with Crippen LogP contribution in [-0.2, 0) is 4.74 Å². The Kier molecular flexibility index (Phi) is 6.83. The van der Waals surface area contributed by atoms with Crippen LogP contribution in [0, 0.1) is 0 Å². The fourth-order valence-corrected chi connectivity index (χ4v) is 2.52. The summed E-state index contributed by atoms with van der Waals surface area (Å²) in [5, 5.41) is 1.02. The summed E-state index contributed by atoms with van der Waals surface area (Å²) in [6.07, 6.45) is 4.43. The highest BCUT2D eigenvalue weighted by Gasteiger charge is 2.10. The summed E-state index contributed by atoms with van der Waals surface area (Å²) in [5.41, 5.74) is 0.900. The molecule has 1 aliphatic rings.